The quantitative estimate of drug-likeness (QED) is 0.161. The highest BCUT2D eigenvalue weighted by atomic mass is 35.5. The molecule has 0 fully saturated rings. The maximum absolute atomic E-state index is 11.5. The molecule has 36 heavy (non-hydrogen) atoms. The van der Waals surface area contributed by atoms with Crippen LogP contribution in [0.1, 0.15) is 6.92 Å². The van der Waals surface area contributed by atoms with Crippen molar-refractivity contribution in [3.8, 4) is 0 Å². The van der Waals surface area contributed by atoms with Crippen LogP contribution >= 0.6 is 11.6 Å². The molecule has 0 atom stereocenters. The van der Waals surface area contributed by atoms with Gasteiger partial charge in [-0.05, 0) is 49.4 Å². The predicted octanol–water partition coefficient (Wildman–Crippen LogP) is 2.62. The Balaban J connectivity index is 0.000000261. The first-order valence-corrected chi connectivity index (χ1v) is 11.0. The van der Waals surface area contributed by atoms with Gasteiger partial charge in [0.05, 0.1) is 23.7 Å². The molecule has 11 nitrogen and oxygen atoms in total. The van der Waals surface area contributed by atoms with Gasteiger partial charge in [-0.25, -0.2) is 4.79 Å². The summed E-state index contributed by atoms with van der Waals surface area (Å²) in [6.45, 7) is 1.78. The highest BCUT2D eigenvalue weighted by Gasteiger charge is 2.14. The summed E-state index contributed by atoms with van der Waals surface area (Å²) in [4.78, 5) is 45.1. The van der Waals surface area contributed by atoms with Crippen molar-refractivity contribution >= 4 is 52.4 Å². The summed E-state index contributed by atoms with van der Waals surface area (Å²) in [5.74, 6) is -3.38. The molecule has 0 bridgehead atoms. The minimum absolute atomic E-state index is 0.156. The zero-order valence-electron chi connectivity index (χ0n) is 19.2. The lowest BCUT2D eigenvalue weighted by Crippen LogP contribution is -2.44. The van der Waals surface area contributed by atoms with Gasteiger partial charge < -0.3 is 4.74 Å². The molecule has 0 aliphatic carbocycles. The number of hydrogen-bond donors (Lipinski definition) is 6. The Morgan fingerprint density at radius 2 is 1.08 bits per heavy atom. The molecule has 3 amide bonds. The van der Waals surface area contributed by atoms with E-state index in [4.69, 9.17) is 11.6 Å². The van der Waals surface area contributed by atoms with Gasteiger partial charge in [-0.2, -0.15) is 0 Å². The van der Waals surface area contributed by atoms with E-state index in [9.17, 15) is 19.2 Å². The number of amides is 3. The first-order chi connectivity index (χ1) is 17.4. The maximum Gasteiger partial charge on any atom is 0.398 e. The Bertz CT molecular complexity index is 1090. The fourth-order valence-electron chi connectivity index (χ4n) is 2.36. The number of carbonyl (C=O) groups excluding carboxylic acids is 4. The van der Waals surface area contributed by atoms with E-state index in [2.05, 4.69) is 37.3 Å². The Hall–Kier alpha value is -4.77. The topological polar surface area (TPSA) is 150 Å². The van der Waals surface area contributed by atoms with Crippen LogP contribution in [0.2, 0.25) is 5.02 Å². The summed E-state index contributed by atoms with van der Waals surface area (Å²) < 4.78 is 4.50. The second-order valence-electron chi connectivity index (χ2n) is 6.70. The van der Waals surface area contributed by atoms with E-state index < -0.39 is 23.7 Å². The van der Waals surface area contributed by atoms with Gasteiger partial charge in [-0.3, -0.25) is 46.9 Å². The van der Waals surface area contributed by atoms with Gasteiger partial charge >= 0.3 is 23.7 Å². The van der Waals surface area contributed by atoms with E-state index in [-0.39, 0.29) is 6.61 Å². The monoisotopic (exact) mass is 512 g/mol. The molecule has 0 aliphatic heterocycles. The van der Waals surface area contributed by atoms with Crippen molar-refractivity contribution in [2.45, 2.75) is 6.92 Å². The van der Waals surface area contributed by atoms with E-state index in [0.29, 0.717) is 22.1 Å². The van der Waals surface area contributed by atoms with Crippen LogP contribution in [-0.4, -0.2) is 30.3 Å². The molecule has 3 aromatic carbocycles. The van der Waals surface area contributed by atoms with Gasteiger partial charge in [-0.15, -0.1) is 0 Å². The molecule has 0 radical (unpaired) electrons. The predicted molar refractivity (Wildman–Crippen MR) is 136 cm³/mol. The number of hydrazine groups is 3. The molecule has 3 aromatic rings. The third-order valence-corrected chi connectivity index (χ3v) is 4.24. The Kier molecular flexibility index (Phi) is 11.6. The normalized spacial score (nSPS) is 9.39. The van der Waals surface area contributed by atoms with Gasteiger partial charge in [0.15, 0.2) is 0 Å². The molecule has 0 spiro atoms. The second kappa shape index (κ2) is 15.2. The molecule has 0 heterocycles. The van der Waals surface area contributed by atoms with Crippen molar-refractivity contribution in [3.63, 3.8) is 0 Å². The van der Waals surface area contributed by atoms with Gasteiger partial charge in [0, 0.05) is 5.02 Å². The van der Waals surface area contributed by atoms with Gasteiger partial charge in [0.1, 0.15) is 0 Å². The third-order valence-electron chi connectivity index (χ3n) is 4.00. The first kappa shape index (κ1) is 27.5. The maximum atomic E-state index is 11.5. The van der Waals surface area contributed by atoms with E-state index in [1.54, 1.807) is 55.5 Å². The molecule has 0 aromatic heterocycles. The summed E-state index contributed by atoms with van der Waals surface area (Å²) >= 11 is 5.73. The largest absolute Gasteiger partial charge is 0.459 e. The summed E-state index contributed by atoms with van der Waals surface area (Å²) in [6, 6.07) is 24.7. The lowest BCUT2D eigenvalue weighted by Gasteiger charge is -2.10. The number of esters is 1. The summed E-state index contributed by atoms with van der Waals surface area (Å²) in [7, 11) is 0. The lowest BCUT2D eigenvalue weighted by atomic mass is 10.3. The van der Waals surface area contributed by atoms with Gasteiger partial charge in [0.2, 0.25) is 0 Å². The minimum Gasteiger partial charge on any atom is -0.459 e. The van der Waals surface area contributed by atoms with Crippen LogP contribution in [0, 0.1) is 0 Å². The molecule has 3 rings (SSSR count). The Labute approximate surface area is 212 Å². The highest BCUT2D eigenvalue weighted by Crippen LogP contribution is 2.13. The average molecular weight is 513 g/mol. The summed E-state index contributed by atoms with van der Waals surface area (Å²) in [6.07, 6.45) is 0. The molecule has 0 aliphatic rings. The van der Waals surface area contributed by atoms with Crippen molar-refractivity contribution in [1.29, 1.82) is 0 Å². The van der Waals surface area contributed by atoms with Crippen molar-refractivity contribution < 1.29 is 23.9 Å². The molecule has 188 valence electrons. The number of benzene rings is 3. The van der Waals surface area contributed by atoms with Crippen LogP contribution in [0.15, 0.2) is 84.9 Å². The van der Waals surface area contributed by atoms with Crippen molar-refractivity contribution in [2.75, 3.05) is 22.9 Å². The summed E-state index contributed by atoms with van der Waals surface area (Å²) in [5.41, 5.74) is 16.5. The molecule has 0 saturated carbocycles. The van der Waals surface area contributed by atoms with E-state index in [1.165, 1.54) is 0 Å². The second-order valence-corrected chi connectivity index (χ2v) is 7.14. The van der Waals surface area contributed by atoms with Crippen molar-refractivity contribution in [1.82, 2.24) is 16.3 Å². The minimum atomic E-state index is -0.933. The molecule has 12 heteroatoms. The van der Waals surface area contributed by atoms with E-state index >= 15 is 0 Å². The lowest BCUT2D eigenvalue weighted by molar-refractivity contribution is -0.154. The number of rotatable bonds is 7. The third kappa shape index (κ3) is 10.4. The van der Waals surface area contributed by atoms with Crippen LogP contribution in [-0.2, 0) is 23.9 Å². The SMILES string of the molecule is CCOC(=O)C(=O)NNc1cccc(Cl)c1.O=C(NNc1ccccc1)C(=O)NNc1ccccc1. The number of carbonyl (C=O) groups is 4. The average Bonchev–Trinajstić information content (AvgIpc) is 2.90. The van der Waals surface area contributed by atoms with Crippen LogP contribution in [0.25, 0.3) is 0 Å². The number of anilines is 3. The van der Waals surface area contributed by atoms with Crippen LogP contribution < -0.4 is 32.6 Å². The van der Waals surface area contributed by atoms with Crippen LogP contribution in [0.4, 0.5) is 17.1 Å². The number of ether oxygens (including phenoxy) is 1. The number of para-hydroxylation sites is 2. The van der Waals surface area contributed by atoms with Crippen molar-refractivity contribution in [3.05, 3.63) is 90.0 Å². The molecular formula is C24H25ClN6O5. The van der Waals surface area contributed by atoms with Crippen LogP contribution in [0.5, 0.6) is 0 Å². The molecule has 0 unspecified atom stereocenters. The van der Waals surface area contributed by atoms with E-state index in [1.807, 2.05) is 36.4 Å². The van der Waals surface area contributed by atoms with Gasteiger partial charge in [0.25, 0.3) is 0 Å². The number of nitrogens with one attached hydrogen (secondary N) is 6. The summed E-state index contributed by atoms with van der Waals surface area (Å²) in [5, 5.41) is 0.524. The number of hydrogen-bond acceptors (Lipinski definition) is 8. The molecular weight excluding hydrogens is 488 g/mol. The fourth-order valence-corrected chi connectivity index (χ4v) is 2.55. The van der Waals surface area contributed by atoms with Crippen LogP contribution in [0.3, 0.4) is 0 Å². The first-order valence-electron chi connectivity index (χ1n) is 10.6. The Morgan fingerprint density at radius 3 is 1.56 bits per heavy atom. The Morgan fingerprint density at radius 1 is 0.639 bits per heavy atom. The fraction of sp³-hybridized carbons (Fsp3) is 0.0833. The number of halogens is 1. The van der Waals surface area contributed by atoms with Crippen molar-refractivity contribution in [2.24, 2.45) is 0 Å². The molecule has 6 N–H and O–H groups in total. The standard InChI is InChI=1S/C14H14N4O2.C10H11ClN2O3/c19-13(17-15-11-7-3-1-4-8-11)14(20)18-16-12-9-5-2-6-10-12;1-2-16-10(15)9(14)13-12-8-5-3-4-7(11)6-8/h1-10,15-16H,(H,17,19)(H,18,20);3-6,12H,2H2,1H3,(H,13,14). The zero-order valence-corrected chi connectivity index (χ0v) is 20.0. The molecule has 0 saturated heterocycles. The zero-order chi connectivity index (χ0) is 26.2. The smallest absolute Gasteiger partial charge is 0.398 e. The van der Waals surface area contributed by atoms with E-state index in [0.717, 1.165) is 0 Å². The van der Waals surface area contributed by atoms with Gasteiger partial charge in [-0.1, -0.05) is 54.1 Å². The highest BCUT2D eigenvalue weighted by molar-refractivity contribution is 6.35.